The maximum absolute atomic E-state index is 12.1. The zero-order valence-corrected chi connectivity index (χ0v) is 12.8. The summed E-state index contributed by atoms with van der Waals surface area (Å²) in [5, 5.41) is 10.4. The fourth-order valence-electron chi connectivity index (χ4n) is 2.07. The molecule has 4 nitrogen and oxygen atoms in total. The molecule has 2 aromatic rings. The van der Waals surface area contributed by atoms with Gasteiger partial charge in [-0.05, 0) is 30.2 Å². The zero-order valence-electron chi connectivity index (χ0n) is 12.1. The normalized spacial score (nSPS) is 11.8. The molecule has 2 aromatic carbocycles. The van der Waals surface area contributed by atoms with Crippen molar-refractivity contribution in [1.29, 1.82) is 0 Å². The number of hydroxylamine groups is 2. The van der Waals surface area contributed by atoms with Gasteiger partial charge in [0.05, 0.1) is 6.04 Å². The average Bonchev–Trinajstić information content (AvgIpc) is 2.54. The van der Waals surface area contributed by atoms with E-state index in [0.29, 0.717) is 22.1 Å². The van der Waals surface area contributed by atoms with Gasteiger partial charge in [-0.15, -0.1) is 0 Å². The van der Waals surface area contributed by atoms with Gasteiger partial charge in [0.15, 0.2) is 5.78 Å². The van der Waals surface area contributed by atoms with Crippen molar-refractivity contribution in [3.63, 3.8) is 0 Å². The van der Waals surface area contributed by atoms with E-state index >= 15 is 0 Å². The second-order valence-corrected chi connectivity index (χ2v) is 5.48. The molecule has 22 heavy (non-hydrogen) atoms. The van der Waals surface area contributed by atoms with Crippen LogP contribution >= 0.6 is 11.6 Å². The van der Waals surface area contributed by atoms with Gasteiger partial charge in [0, 0.05) is 17.0 Å². The highest BCUT2D eigenvalue weighted by atomic mass is 35.5. The van der Waals surface area contributed by atoms with Crippen LogP contribution in [0.1, 0.15) is 23.7 Å². The molecule has 1 atom stereocenters. The van der Waals surface area contributed by atoms with Crippen molar-refractivity contribution in [2.45, 2.75) is 19.4 Å². The van der Waals surface area contributed by atoms with Crippen LogP contribution in [0.2, 0.25) is 5.02 Å². The number of nitrogens with zero attached hydrogens (tertiary/aromatic N) is 1. The van der Waals surface area contributed by atoms with E-state index in [1.54, 1.807) is 19.1 Å². The smallest absolute Gasteiger partial charge is 0.233 e. The summed E-state index contributed by atoms with van der Waals surface area (Å²) >= 11 is 5.86. The average molecular weight is 318 g/mol. The number of halogens is 1. The zero-order chi connectivity index (χ0) is 16.1. The molecule has 0 spiro atoms. The van der Waals surface area contributed by atoms with E-state index in [4.69, 9.17) is 11.6 Å². The van der Waals surface area contributed by atoms with Gasteiger partial charge in [-0.3, -0.25) is 14.8 Å². The summed E-state index contributed by atoms with van der Waals surface area (Å²) in [6, 6.07) is 14.1. The number of Topliss-reactive ketones (excluding diaryl/α,β-unsaturated/α-hetero) is 1. The first-order valence-corrected chi connectivity index (χ1v) is 7.21. The van der Waals surface area contributed by atoms with Crippen molar-refractivity contribution in [2.24, 2.45) is 0 Å². The molecular formula is C17H16ClNO3. The summed E-state index contributed by atoms with van der Waals surface area (Å²) < 4.78 is 0. The minimum atomic E-state index is -0.555. The molecule has 114 valence electrons. The minimum absolute atomic E-state index is 0.0650. The van der Waals surface area contributed by atoms with Gasteiger partial charge in [-0.25, -0.2) is 5.06 Å². The molecule has 0 heterocycles. The molecule has 1 unspecified atom stereocenters. The Hall–Kier alpha value is -2.17. The van der Waals surface area contributed by atoms with Crippen LogP contribution in [0.4, 0.5) is 0 Å². The highest BCUT2D eigenvalue weighted by molar-refractivity contribution is 6.30. The van der Waals surface area contributed by atoms with Crippen LogP contribution in [0, 0.1) is 0 Å². The summed E-state index contributed by atoms with van der Waals surface area (Å²) in [6.07, 6.45) is 0.358. The second-order valence-electron chi connectivity index (χ2n) is 5.05. The van der Waals surface area contributed by atoms with E-state index in [9.17, 15) is 14.8 Å². The van der Waals surface area contributed by atoms with Crippen LogP contribution in [-0.2, 0) is 4.79 Å². The molecule has 1 N–H and O–H groups in total. The molecule has 0 saturated carbocycles. The number of carbonyl (C=O) groups excluding carboxylic acids is 2. The third-order valence-electron chi connectivity index (χ3n) is 3.42. The third kappa shape index (κ3) is 3.93. The van der Waals surface area contributed by atoms with Gasteiger partial charge in [0.25, 0.3) is 0 Å². The quantitative estimate of drug-likeness (QED) is 0.381. The molecule has 0 aliphatic carbocycles. The summed E-state index contributed by atoms with van der Waals surface area (Å²) in [4.78, 5) is 22.5. The Bertz CT molecular complexity index is 653. The maximum atomic E-state index is 12.1. The molecule has 0 aliphatic heterocycles. The number of ketones is 1. The van der Waals surface area contributed by atoms with Crippen LogP contribution in [0.15, 0.2) is 48.5 Å². The fraction of sp³-hybridized carbons (Fsp3) is 0.176. The summed E-state index contributed by atoms with van der Waals surface area (Å²) in [5.74, 6) is -0.129. The van der Waals surface area contributed by atoms with E-state index in [1.807, 2.05) is 36.4 Å². The highest BCUT2D eigenvalue weighted by Crippen LogP contribution is 2.22. The van der Waals surface area contributed by atoms with E-state index in [2.05, 4.69) is 0 Å². The lowest BCUT2D eigenvalue weighted by atomic mass is 10.00. The van der Waals surface area contributed by atoms with Crippen LogP contribution in [0.25, 0.3) is 11.1 Å². The molecule has 1 amide bonds. The van der Waals surface area contributed by atoms with Gasteiger partial charge in [-0.2, -0.15) is 0 Å². The third-order valence-corrected chi connectivity index (χ3v) is 3.68. The topological polar surface area (TPSA) is 57.6 Å². The summed E-state index contributed by atoms with van der Waals surface area (Å²) in [7, 11) is 0. The Kier molecular flexibility index (Phi) is 5.31. The first-order chi connectivity index (χ1) is 10.5. The van der Waals surface area contributed by atoms with Gasteiger partial charge in [-0.1, -0.05) is 48.0 Å². The van der Waals surface area contributed by atoms with Crippen LogP contribution in [-0.4, -0.2) is 28.5 Å². The van der Waals surface area contributed by atoms with Crippen molar-refractivity contribution < 1.29 is 14.8 Å². The number of hydrogen-bond acceptors (Lipinski definition) is 3. The van der Waals surface area contributed by atoms with Crippen LogP contribution < -0.4 is 0 Å². The van der Waals surface area contributed by atoms with Crippen molar-refractivity contribution >= 4 is 23.8 Å². The minimum Gasteiger partial charge on any atom is -0.294 e. The SMILES string of the molecule is CC(CC(=O)c1ccc(-c2ccc(Cl)cc2)cc1)N(O)C=O. The van der Waals surface area contributed by atoms with E-state index in [-0.39, 0.29) is 12.2 Å². The van der Waals surface area contributed by atoms with Crippen molar-refractivity contribution in [3.05, 3.63) is 59.1 Å². The number of benzene rings is 2. The molecule has 0 fully saturated rings. The van der Waals surface area contributed by atoms with Crippen LogP contribution in [0.3, 0.4) is 0 Å². The van der Waals surface area contributed by atoms with E-state index in [1.165, 1.54) is 0 Å². The fourth-order valence-corrected chi connectivity index (χ4v) is 2.20. The Morgan fingerprint density at radius 3 is 2.14 bits per heavy atom. The molecule has 0 radical (unpaired) electrons. The Balaban J connectivity index is 2.10. The lowest BCUT2D eigenvalue weighted by molar-refractivity contribution is -0.158. The molecule has 0 aliphatic rings. The molecule has 0 aromatic heterocycles. The molecule has 2 rings (SSSR count). The molecule has 0 bridgehead atoms. The van der Waals surface area contributed by atoms with E-state index in [0.717, 1.165) is 11.1 Å². The van der Waals surface area contributed by atoms with Crippen molar-refractivity contribution in [2.75, 3.05) is 0 Å². The number of hydrogen-bond donors (Lipinski definition) is 1. The Labute approximate surface area is 133 Å². The molecule has 5 heteroatoms. The number of rotatable bonds is 6. The van der Waals surface area contributed by atoms with Gasteiger partial charge in [0.1, 0.15) is 0 Å². The first kappa shape index (κ1) is 16.2. The highest BCUT2D eigenvalue weighted by Gasteiger charge is 2.15. The van der Waals surface area contributed by atoms with Gasteiger partial charge >= 0.3 is 0 Å². The lowest BCUT2D eigenvalue weighted by Crippen LogP contribution is -2.30. The van der Waals surface area contributed by atoms with E-state index < -0.39 is 6.04 Å². The Morgan fingerprint density at radius 1 is 1.14 bits per heavy atom. The second kappa shape index (κ2) is 7.20. The maximum Gasteiger partial charge on any atom is 0.233 e. The largest absolute Gasteiger partial charge is 0.294 e. The van der Waals surface area contributed by atoms with Gasteiger partial charge in [0.2, 0.25) is 6.41 Å². The summed E-state index contributed by atoms with van der Waals surface area (Å²) in [6.45, 7) is 1.61. The summed E-state index contributed by atoms with van der Waals surface area (Å²) in [5.41, 5.74) is 2.54. The lowest BCUT2D eigenvalue weighted by Gasteiger charge is -2.17. The predicted molar refractivity (Wildman–Crippen MR) is 85.0 cm³/mol. The number of carbonyl (C=O) groups is 2. The number of amides is 1. The van der Waals surface area contributed by atoms with Crippen LogP contribution in [0.5, 0.6) is 0 Å². The Morgan fingerprint density at radius 2 is 1.64 bits per heavy atom. The van der Waals surface area contributed by atoms with Crippen molar-refractivity contribution in [3.8, 4) is 11.1 Å². The molecular weight excluding hydrogens is 302 g/mol. The first-order valence-electron chi connectivity index (χ1n) is 6.83. The molecule has 0 saturated heterocycles. The predicted octanol–water partition coefficient (Wildman–Crippen LogP) is 3.82. The van der Waals surface area contributed by atoms with Gasteiger partial charge < -0.3 is 0 Å². The standard InChI is InChI=1S/C17H16ClNO3/c1-12(19(22)11-20)10-17(21)15-4-2-13(3-5-15)14-6-8-16(18)9-7-14/h2-9,11-12,22H,10H2,1H3. The van der Waals surface area contributed by atoms with Crippen molar-refractivity contribution in [1.82, 2.24) is 5.06 Å². The monoisotopic (exact) mass is 317 g/mol.